The van der Waals surface area contributed by atoms with E-state index in [4.69, 9.17) is 4.74 Å². The average molecular weight is 997 g/mol. The van der Waals surface area contributed by atoms with Crippen LogP contribution in [0.4, 0.5) is 0 Å². The van der Waals surface area contributed by atoms with Crippen molar-refractivity contribution in [1.82, 2.24) is 5.32 Å². The monoisotopic (exact) mass is 996 g/mol. The smallest absolute Gasteiger partial charge is 0.305 e. The molecule has 0 radical (unpaired) electrons. The summed E-state index contributed by atoms with van der Waals surface area (Å²) in [6.45, 7) is 4.85. The zero-order valence-corrected chi connectivity index (χ0v) is 47.5. The van der Waals surface area contributed by atoms with Crippen molar-refractivity contribution in [2.45, 2.75) is 341 Å². The predicted octanol–water partition coefficient (Wildman–Crippen LogP) is 19.7. The normalized spacial score (nSPS) is 12.9. The lowest BCUT2D eigenvalue weighted by Crippen LogP contribution is -2.45. The highest BCUT2D eigenvalue weighted by molar-refractivity contribution is 5.76. The van der Waals surface area contributed by atoms with Gasteiger partial charge >= 0.3 is 5.97 Å². The molecule has 71 heavy (non-hydrogen) atoms. The molecule has 0 aromatic heterocycles. The standard InChI is InChI=1S/C65H121NO5/c1-3-5-7-9-11-13-15-17-19-21-22-23-24-25-26-27-29-30-33-37-41-45-49-53-57-63(68)62(61-67)66-64(69)58-54-50-46-42-38-34-32-36-40-44-48-52-56-60-71-65(70)59-55-51-47-43-39-35-31-28-20-18-16-14-12-10-8-6-4-2/h18,20,34,38,46,50,53,57,62-63,67-68H,3-17,19,21-33,35-37,39-45,47-49,51-52,54-56,58-61H2,1-2H3,(H,66,69)/b20-18-,38-34-,50-46-,57-53+. The maximum absolute atomic E-state index is 12.5. The van der Waals surface area contributed by atoms with Crippen LogP contribution in [0.25, 0.3) is 0 Å². The van der Waals surface area contributed by atoms with Gasteiger partial charge in [-0.1, -0.05) is 287 Å². The van der Waals surface area contributed by atoms with E-state index in [0.29, 0.717) is 25.9 Å². The van der Waals surface area contributed by atoms with Crippen LogP contribution in [0.3, 0.4) is 0 Å². The van der Waals surface area contributed by atoms with E-state index in [2.05, 4.69) is 49.5 Å². The van der Waals surface area contributed by atoms with Crippen molar-refractivity contribution in [3.05, 3.63) is 48.6 Å². The van der Waals surface area contributed by atoms with Crippen LogP contribution in [0.5, 0.6) is 0 Å². The zero-order chi connectivity index (χ0) is 51.4. The van der Waals surface area contributed by atoms with Crippen LogP contribution in [0, 0.1) is 0 Å². The van der Waals surface area contributed by atoms with Gasteiger partial charge in [0.1, 0.15) is 0 Å². The van der Waals surface area contributed by atoms with Gasteiger partial charge in [-0.25, -0.2) is 0 Å². The first-order valence-electron chi connectivity index (χ1n) is 31.4. The number of amides is 1. The summed E-state index contributed by atoms with van der Waals surface area (Å²) in [5, 5.41) is 23.1. The number of carbonyl (C=O) groups is 2. The van der Waals surface area contributed by atoms with Crippen molar-refractivity contribution in [1.29, 1.82) is 0 Å². The van der Waals surface area contributed by atoms with E-state index in [1.54, 1.807) is 6.08 Å². The van der Waals surface area contributed by atoms with Crippen LogP contribution in [-0.2, 0) is 14.3 Å². The quantitative estimate of drug-likeness (QED) is 0.0321. The lowest BCUT2D eigenvalue weighted by Gasteiger charge is -2.19. The molecule has 0 saturated carbocycles. The van der Waals surface area contributed by atoms with Gasteiger partial charge in [-0.15, -0.1) is 0 Å². The van der Waals surface area contributed by atoms with E-state index < -0.39 is 12.1 Å². The molecule has 2 unspecified atom stereocenters. The summed E-state index contributed by atoms with van der Waals surface area (Å²) in [5.74, 6) is -0.168. The Labute approximate surface area is 442 Å². The summed E-state index contributed by atoms with van der Waals surface area (Å²) in [7, 11) is 0. The van der Waals surface area contributed by atoms with Crippen LogP contribution < -0.4 is 5.32 Å². The number of esters is 1. The molecule has 0 rings (SSSR count). The van der Waals surface area contributed by atoms with Crippen LogP contribution in [0.1, 0.15) is 328 Å². The van der Waals surface area contributed by atoms with Gasteiger partial charge in [0.25, 0.3) is 0 Å². The van der Waals surface area contributed by atoms with Crippen molar-refractivity contribution < 1.29 is 24.5 Å². The number of unbranched alkanes of at least 4 members (excludes halogenated alkanes) is 41. The highest BCUT2D eigenvalue weighted by Gasteiger charge is 2.17. The molecule has 1 amide bonds. The van der Waals surface area contributed by atoms with Gasteiger partial charge in [0.15, 0.2) is 0 Å². The van der Waals surface area contributed by atoms with Crippen LogP contribution >= 0.6 is 0 Å². The summed E-state index contributed by atoms with van der Waals surface area (Å²) < 4.78 is 5.47. The molecular formula is C65H121NO5. The lowest BCUT2D eigenvalue weighted by molar-refractivity contribution is -0.143. The molecule has 2 atom stereocenters. The highest BCUT2D eigenvalue weighted by Crippen LogP contribution is 2.17. The summed E-state index contributed by atoms with van der Waals surface area (Å²) in [6.07, 6.45) is 77.3. The second-order valence-corrected chi connectivity index (χ2v) is 21.4. The molecule has 0 aromatic carbocycles. The molecule has 0 aliphatic carbocycles. The molecule has 6 nitrogen and oxygen atoms in total. The maximum Gasteiger partial charge on any atom is 0.305 e. The highest BCUT2D eigenvalue weighted by atomic mass is 16.5. The fourth-order valence-electron chi connectivity index (χ4n) is 9.50. The molecule has 0 aliphatic rings. The maximum atomic E-state index is 12.5. The molecule has 0 saturated heterocycles. The van der Waals surface area contributed by atoms with Crippen molar-refractivity contribution in [2.24, 2.45) is 0 Å². The number of aliphatic hydroxyl groups is 2. The number of ether oxygens (including phenoxy) is 1. The van der Waals surface area contributed by atoms with Gasteiger partial charge in [0, 0.05) is 12.8 Å². The van der Waals surface area contributed by atoms with E-state index in [1.807, 2.05) is 12.2 Å². The third kappa shape index (κ3) is 57.0. The average Bonchev–Trinajstić information content (AvgIpc) is 3.37. The van der Waals surface area contributed by atoms with Crippen molar-refractivity contribution in [2.75, 3.05) is 13.2 Å². The van der Waals surface area contributed by atoms with E-state index >= 15 is 0 Å². The molecular weight excluding hydrogens is 875 g/mol. The fraction of sp³-hybridized carbons (Fsp3) is 0.846. The second-order valence-electron chi connectivity index (χ2n) is 21.4. The van der Waals surface area contributed by atoms with Crippen LogP contribution in [0.2, 0.25) is 0 Å². The topological polar surface area (TPSA) is 95.9 Å². The second kappa shape index (κ2) is 60.4. The van der Waals surface area contributed by atoms with E-state index in [1.165, 1.54) is 244 Å². The number of hydrogen-bond acceptors (Lipinski definition) is 5. The Morgan fingerprint density at radius 3 is 1.11 bits per heavy atom. The Morgan fingerprint density at radius 2 is 0.718 bits per heavy atom. The van der Waals surface area contributed by atoms with Gasteiger partial charge in [0.2, 0.25) is 5.91 Å². The van der Waals surface area contributed by atoms with Crippen LogP contribution in [-0.4, -0.2) is 47.4 Å². The Hall–Kier alpha value is -2.18. The summed E-state index contributed by atoms with van der Waals surface area (Å²) in [6, 6.07) is -0.674. The molecule has 0 aliphatic heterocycles. The number of hydrogen-bond donors (Lipinski definition) is 3. The van der Waals surface area contributed by atoms with Crippen LogP contribution in [0.15, 0.2) is 48.6 Å². The van der Waals surface area contributed by atoms with E-state index in [9.17, 15) is 19.8 Å². The first kappa shape index (κ1) is 68.8. The van der Waals surface area contributed by atoms with E-state index in [-0.39, 0.29) is 18.5 Å². The minimum atomic E-state index is -0.882. The van der Waals surface area contributed by atoms with Gasteiger partial charge in [-0.05, 0) is 77.0 Å². The Morgan fingerprint density at radius 1 is 0.394 bits per heavy atom. The summed E-state index contributed by atoms with van der Waals surface area (Å²) >= 11 is 0. The minimum Gasteiger partial charge on any atom is -0.466 e. The Kier molecular flexibility index (Phi) is 58.5. The Bertz CT molecular complexity index is 1190. The predicted molar refractivity (Wildman–Crippen MR) is 310 cm³/mol. The summed E-state index contributed by atoms with van der Waals surface area (Å²) in [5.41, 5.74) is 0. The number of nitrogens with one attached hydrogen (secondary N) is 1. The zero-order valence-electron chi connectivity index (χ0n) is 47.5. The number of rotatable bonds is 58. The molecule has 0 fully saturated rings. The molecule has 6 heteroatoms. The fourth-order valence-corrected chi connectivity index (χ4v) is 9.50. The molecule has 0 bridgehead atoms. The molecule has 0 aromatic rings. The Balaban J connectivity index is 3.56. The van der Waals surface area contributed by atoms with Crippen molar-refractivity contribution in [3.8, 4) is 0 Å². The number of aliphatic hydroxyl groups excluding tert-OH is 2. The first-order chi connectivity index (χ1) is 35.0. The molecule has 3 N–H and O–H groups in total. The molecule has 0 spiro atoms. The number of carbonyl (C=O) groups excluding carboxylic acids is 2. The number of allylic oxidation sites excluding steroid dienone is 7. The molecule has 416 valence electrons. The van der Waals surface area contributed by atoms with Gasteiger partial charge in [0.05, 0.1) is 25.4 Å². The third-order valence-electron chi connectivity index (χ3n) is 14.3. The van der Waals surface area contributed by atoms with Gasteiger partial charge in [-0.2, -0.15) is 0 Å². The summed E-state index contributed by atoms with van der Waals surface area (Å²) in [4.78, 5) is 24.5. The van der Waals surface area contributed by atoms with Crippen molar-refractivity contribution >= 4 is 11.9 Å². The van der Waals surface area contributed by atoms with E-state index in [0.717, 1.165) is 51.4 Å². The molecule has 0 heterocycles. The minimum absolute atomic E-state index is 0.0216. The first-order valence-corrected chi connectivity index (χ1v) is 31.4. The third-order valence-corrected chi connectivity index (χ3v) is 14.3. The van der Waals surface area contributed by atoms with Crippen molar-refractivity contribution in [3.63, 3.8) is 0 Å². The SMILES string of the molecule is CCCCCCCC/C=C\CCCCCCCCCC(=O)OCCCCCCCC/C=C\C/C=C\CCC(=O)NC(CO)C(O)/C=C/CCCCCCCCCCCCCCCCCCCCCCCC. The van der Waals surface area contributed by atoms with Gasteiger partial charge < -0.3 is 20.3 Å². The largest absolute Gasteiger partial charge is 0.466 e. The lowest BCUT2D eigenvalue weighted by atomic mass is 10.0. The van der Waals surface area contributed by atoms with Gasteiger partial charge in [-0.3, -0.25) is 9.59 Å².